The Hall–Kier alpha value is -1.29. The Bertz CT molecular complexity index is 298. The third-order valence-corrected chi connectivity index (χ3v) is 1.99. The van der Waals surface area contributed by atoms with Crippen molar-refractivity contribution in [2.45, 2.75) is 6.29 Å². The summed E-state index contributed by atoms with van der Waals surface area (Å²) in [6.45, 7) is 0.652. The number of carbonyl (C=O) groups excluding carboxylic acids is 1. The number of amides is 1. The van der Waals surface area contributed by atoms with Crippen LogP contribution in [0, 0.1) is 11.3 Å². The molecule has 0 aliphatic rings. The standard InChI is InChI=1S/C10H16ClN3O3/c1-16-9(17-2)7-13-6-8(5-12)10(15)14-4-3-11/h6,9,13H,3-4,7H2,1-2H3,(H,14,15)/b8-6-. The number of alkyl halides is 1. The first-order valence-corrected chi connectivity index (χ1v) is 5.46. The number of methoxy groups -OCH3 is 2. The Balaban J connectivity index is 4.18. The summed E-state index contributed by atoms with van der Waals surface area (Å²) in [4.78, 5) is 11.4. The summed E-state index contributed by atoms with van der Waals surface area (Å²) in [7, 11) is 3.00. The van der Waals surface area contributed by atoms with E-state index in [1.165, 1.54) is 20.4 Å². The minimum absolute atomic E-state index is 0.0268. The SMILES string of the molecule is COC(CN/C=C(/C#N)C(=O)NCCCl)OC. The van der Waals surface area contributed by atoms with Crippen molar-refractivity contribution in [1.82, 2.24) is 10.6 Å². The molecule has 2 N–H and O–H groups in total. The van der Waals surface area contributed by atoms with E-state index in [2.05, 4.69) is 10.6 Å². The fraction of sp³-hybridized carbons (Fsp3) is 0.600. The number of hydrogen-bond donors (Lipinski definition) is 2. The number of rotatable bonds is 8. The molecule has 1 amide bonds. The van der Waals surface area contributed by atoms with Crippen LogP contribution in [0.15, 0.2) is 11.8 Å². The molecule has 0 fully saturated rings. The minimum atomic E-state index is -0.466. The van der Waals surface area contributed by atoms with E-state index in [-0.39, 0.29) is 5.57 Å². The lowest BCUT2D eigenvalue weighted by atomic mass is 10.3. The molecule has 0 unspecified atom stereocenters. The monoisotopic (exact) mass is 261 g/mol. The van der Waals surface area contributed by atoms with E-state index in [1.807, 2.05) is 0 Å². The summed E-state index contributed by atoms with van der Waals surface area (Å²) in [5, 5.41) is 14.0. The molecule has 0 radical (unpaired) electrons. The summed E-state index contributed by atoms with van der Waals surface area (Å²) in [6.07, 6.45) is 0.881. The summed E-state index contributed by atoms with van der Waals surface area (Å²) >= 11 is 5.41. The highest BCUT2D eigenvalue weighted by Gasteiger charge is 2.08. The Morgan fingerprint density at radius 1 is 1.53 bits per heavy atom. The lowest BCUT2D eigenvalue weighted by Gasteiger charge is -2.12. The highest BCUT2D eigenvalue weighted by atomic mass is 35.5. The molecule has 0 bridgehead atoms. The maximum Gasteiger partial charge on any atom is 0.263 e. The largest absolute Gasteiger partial charge is 0.385 e. The van der Waals surface area contributed by atoms with E-state index in [0.717, 1.165) is 0 Å². The summed E-state index contributed by atoms with van der Waals surface area (Å²) in [5.74, 6) is -0.167. The van der Waals surface area contributed by atoms with Gasteiger partial charge < -0.3 is 20.1 Å². The van der Waals surface area contributed by atoms with Gasteiger partial charge in [0.05, 0.1) is 6.54 Å². The fourth-order valence-electron chi connectivity index (χ4n) is 0.925. The Kier molecular flexibility index (Phi) is 9.15. The zero-order valence-electron chi connectivity index (χ0n) is 9.83. The molecular weight excluding hydrogens is 246 g/mol. The van der Waals surface area contributed by atoms with Crippen LogP contribution in [0.5, 0.6) is 0 Å². The number of nitriles is 1. The molecule has 0 aromatic carbocycles. The minimum Gasteiger partial charge on any atom is -0.385 e. The van der Waals surface area contributed by atoms with Crippen molar-refractivity contribution in [3.8, 4) is 6.07 Å². The Morgan fingerprint density at radius 3 is 2.65 bits per heavy atom. The highest BCUT2D eigenvalue weighted by Crippen LogP contribution is 1.92. The summed E-state index contributed by atoms with van der Waals surface area (Å²) in [6, 6.07) is 1.78. The van der Waals surface area contributed by atoms with Gasteiger partial charge in [0.25, 0.3) is 5.91 Å². The van der Waals surface area contributed by atoms with Crippen molar-refractivity contribution in [3.63, 3.8) is 0 Å². The van der Waals surface area contributed by atoms with E-state index in [4.69, 9.17) is 26.3 Å². The second-order valence-electron chi connectivity index (χ2n) is 2.92. The van der Waals surface area contributed by atoms with Gasteiger partial charge in [-0.15, -0.1) is 11.6 Å². The highest BCUT2D eigenvalue weighted by molar-refractivity contribution is 6.18. The van der Waals surface area contributed by atoms with E-state index in [9.17, 15) is 4.79 Å². The third-order valence-electron chi connectivity index (χ3n) is 1.80. The maximum atomic E-state index is 11.4. The van der Waals surface area contributed by atoms with Crippen LogP contribution >= 0.6 is 11.6 Å². The van der Waals surface area contributed by atoms with Crippen molar-refractivity contribution in [2.75, 3.05) is 33.2 Å². The predicted octanol–water partition coefficient (Wildman–Crippen LogP) is -0.0426. The first kappa shape index (κ1) is 15.7. The molecule has 0 aliphatic heterocycles. The average Bonchev–Trinajstić information content (AvgIpc) is 2.36. The van der Waals surface area contributed by atoms with Gasteiger partial charge in [-0.3, -0.25) is 4.79 Å². The first-order valence-electron chi connectivity index (χ1n) is 4.93. The van der Waals surface area contributed by atoms with Gasteiger partial charge in [-0.1, -0.05) is 0 Å². The molecule has 0 heterocycles. The van der Waals surface area contributed by atoms with E-state index in [0.29, 0.717) is 19.0 Å². The quantitative estimate of drug-likeness (QED) is 0.277. The molecule has 0 saturated carbocycles. The van der Waals surface area contributed by atoms with Crippen molar-refractivity contribution in [1.29, 1.82) is 5.26 Å². The number of halogens is 1. The Labute approximate surface area is 106 Å². The summed E-state index contributed by atoms with van der Waals surface area (Å²) < 4.78 is 9.85. The van der Waals surface area contributed by atoms with Crippen LogP contribution in [0.3, 0.4) is 0 Å². The van der Waals surface area contributed by atoms with Crippen molar-refractivity contribution < 1.29 is 14.3 Å². The van der Waals surface area contributed by atoms with Gasteiger partial charge in [-0.2, -0.15) is 5.26 Å². The van der Waals surface area contributed by atoms with Gasteiger partial charge >= 0.3 is 0 Å². The van der Waals surface area contributed by atoms with Gasteiger partial charge in [-0.25, -0.2) is 0 Å². The number of nitrogens with one attached hydrogen (secondary N) is 2. The van der Waals surface area contributed by atoms with E-state index >= 15 is 0 Å². The third kappa shape index (κ3) is 6.79. The molecule has 0 atom stereocenters. The molecular formula is C10H16ClN3O3. The van der Waals surface area contributed by atoms with Gasteiger partial charge in [0.1, 0.15) is 11.6 Å². The van der Waals surface area contributed by atoms with Gasteiger partial charge in [0.15, 0.2) is 6.29 Å². The van der Waals surface area contributed by atoms with Crippen LogP contribution in [0.1, 0.15) is 0 Å². The predicted molar refractivity (Wildman–Crippen MR) is 63.2 cm³/mol. The zero-order chi connectivity index (χ0) is 13.1. The van der Waals surface area contributed by atoms with Gasteiger partial charge in [0, 0.05) is 32.8 Å². The van der Waals surface area contributed by atoms with Crippen molar-refractivity contribution in [3.05, 3.63) is 11.8 Å². The topological polar surface area (TPSA) is 83.4 Å². The number of ether oxygens (including phenoxy) is 2. The van der Waals surface area contributed by atoms with Crippen molar-refractivity contribution >= 4 is 17.5 Å². The molecule has 0 saturated heterocycles. The second kappa shape index (κ2) is 9.90. The maximum absolute atomic E-state index is 11.4. The number of nitrogens with zero attached hydrogens (tertiary/aromatic N) is 1. The van der Waals surface area contributed by atoms with Crippen LogP contribution in [0.4, 0.5) is 0 Å². The summed E-state index contributed by atoms with van der Waals surface area (Å²) in [5.41, 5.74) is -0.0268. The lowest BCUT2D eigenvalue weighted by molar-refractivity contribution is -0.117. The zero-order valence-corrected chi connectivity index (χ0v) is 10.6. The van der Waals surface area contributed by atoms with Crippen LogP contribution in [-0.4, -0.2) is 45.4 Å². The van der Waals surface area contributed by atoms with E-state index < -0.39 is 12.2 Å². The molecule has 7 heteroatoms. The smallest absolute Gasteiger partial charge is 0.263 e. The van der Waals surface area contributed by atoms with Gasteiger partial charge in [-0.05, 0) is 0 Å². The number of hydrogen-bond acceptors (Lipinski definition) is 5. The molecule has 0 aromatic heterocycles. The molecule has 0 aliphatic carbocycles. The van der Waals surface area contributed by atoms with Gasteiger partial charge in [0.2, 0.25) is 0 Å². The molecule has 0 aromatic rings. The first-order chi connectivity index (χ1) is 8.19. The molecule has 0 rings (SSSR count). The van der Waals surface area contributed by atoms with Crippen LogP contribution in [0.25, 0.3) is 0 Å². The molecule has 6 nitrogen and oxygen atoms in total. The number of carbonyl (C=O) groups is 1. The van der Waals surface area contributed by atoms with Crippen molar-refractivity contribution in [2.24, 2.45) is 0 Å². The van der Waals surface area contributed by atoms with Crippen LogP contribution in [0.2, 0.25) is 0 Å². The molecule has 0 spiro atoms. The lowest BCUT2D eigenvalue weighted by Crippen LogP contribution is -2.30. The average molecular weight is 262 g/mol. The normalized spacial score (nSPS) is 11.1. The molecule has 96 valence electrons. The van der Waals surface area contributed by atoms with Crippen LogP contribution < -0.4 is 10.6 Å². The van der Waals surface area contributed by atoms with E-state index in [1.54, 1.807) is 6.07 Å². The molecule has 17 heavy (non-hydrogen) atoms. The Morgan fingerprint density at radius 2 is 2.18 bits per heavy atom. The fourth-order valence-corrected chi connectivity index (χ4v) is 1.02. The van der Waals surface area contributed by atoms with Crippen LogP contribution in [-0.2, 0) is 14.3 Å². The second-order valence-corrected chi connectivity index (χ2v) is 3.30.